The van der Waals surface area contributed by atoms with Crippen molar-refractivity contribution in [1.82, 2.24) is 14.1 Å². The molecule has 4 rings (SSSR count). The molecule has 156 valence electrons. The molecule has 0 saturated carbocycles. The number of hydrogen-bond donors (Lipinski definition) is 1. The third kappa shape index (κ3) is 4.44. The number of nitrogens with zero attached hydrogens (tertiary/aromatic N) is 3. The summed E-state index contributed by atoms with van der Waals surface area (Å²) in [6.45, 7) is 1.09. The van der Waals surface area contributed by atoms with Gasteiger partial charge in [0.25, 0.3) is 5.91 Å². The van der Waals surface area contributed by atoms with Crippen LogP contribution in [0.2, 0.25) is 0 Å². The molecule has 8 heteroatoms. The molecule has 1 fully saturated rings. The van der Waals surface area contributed by atoms with Crippen molar-refractivity contribution in [1.29, 1.82) is 0 Å². The molecular weight excluding hydrogens is 400 g/mol. The molecule has 2 aromatic carbocycles. The van der Waals surface area contributed by atoms with Crippen LogP contribution in [0.4, 0.5) is 5.69 Å². The monoisotopic (exact) mass is 424 g/mol. The molecule has 0 aliphatic carbocycles. The number of carbonyl (C=O) groups excluding carboxylic acids is 1. The molecule has 0 atom stereocenters. The fourth-order valence-corrected chi connectivity index (χ4v) is 5.12. The molecule has 1 N–H and O–H groups in total. The Kier molecular flexibility index (Phi) is 5.96. The highest BCUT2D eigenvalue weighted by Gasteiger charge is 2.25. The molecule has 0 unspecified atom stereocenters. The summed E-state index contributed by atoms with van der Waals surface area (Å²) in [4.78, 5) is 12.8. The smallest absolute Gasteiger partial charge is 0.255 e. The fourth-order valence-electron chi connectivity index (χ4n) is 3.56. The van der Waals surface area contributed by atoms with E-state index in [4.69, 9.17) is 0 Å². The predicted octanol–water partition coefficient (Wildman–Crippen LogP) is 3.69. The van der Waals surface area contributed by atoms with E-state index < -0.39 is 10.0 Å². The summed E-state index contributed by atoms with van der Waals surface area (Å²) in [5, 5.41) is 6.96. The summed E-state index contributed by atoms with van der Waals surface area (Å²) >= 11 is 0. The van der Waals surface area contributed by atoms with Gasteiger partial charge in [-0.05, 0) is 61.4 Å². The predicted molar refractivity (Wildman–Crippen MR) is 115 cm³/mol. The van der Waals surface area contributed by atoms with Crippen LogP contribution in [0.25, 0.3) is 5.69 Å². The van der Waals surface area contributed by atoms with Crippen LogP contribution in [0.1, 0.15) is 36.0 Å². The van der Waals surface area contributed by atoms with Crippen molar-refractivity contribution in [3.05, 3.63) is 72.6 Å². The zero-order chi connectivity index (χ0) is 21.0. The van der Waals surface area contributed by atoms with E-state index in [9.17, 15) is 13.2 Å². The summed E-state index contributed by atoms with van der Waals surface area (Å²) in [7, 11) is -3.57. The number of amides is 1. The van der Waals surface area contributed by atoms with Gasteiger partial charge in [-0.1, -0.05) is 18.9 Å². The number of sulfonamides is 1. The van der Waals surface area contributed by atoms with Gasteiger partial charge in [0.15, 0.2) is 0 Å². The molecule has 7 nitrogen and oxygen atoms in total. The Morgan fingerprint density at radius 1 is 0.933 bits per heavy atom. The highest BCUT2D eigenvalue weighted by molar-refractivity contribution is 7.89. The van der Waals surface area contributed by atoms with Crippen molar-refractivity contribution < 1.29 is 13.2 Å². The second-order valence-corrected chi connectivity index (χ2v) is 9.24. The van der Waals surface area contributed by atoms with Gasteiger partial charge in [0.05, 0.1) is 10.6 Å². The van der Waals surface area contributed by atoms with E-state index in [-0.39, 0.29) is 10.8 Å². The standard InChI is InChI=1S/C22H24N4O3S/c27-22(18-9-11-20(12-10-18)26-16-6-13-23-26)24-19-7-5-8-21(17-19)30(28,29)25-14-3-1-2-4-15-25/h5-13,16-17H,1-4,14-15H2,(H,24,27). The lowest BCUT2D eigenvalue weighted by Gasteiger charge is -2.20. The van der Waals surface area contributed by atoms with Gasteiger partial charge in [-0.15, -0.1) is 0 Å². The molecule has 1 aliphatic rings. The highest BCUT2D eigenvalue weighted by atomic mass is 32.2. The second kappa shape index (κ2) is 8.81. The van der Waals surface area contributed by atoms with E-state index >= 15 is 0 Å². The van der Waals surface area contributed by atoms with Crippen molar-refractivity contribution in [3.63, 3.8) is 0 Å². The van der Waals surface area contributed by atoms with Crippen molar-refractivity contribution in [2.24, 2.45) is 0 Å². The summed E-state index contributed by atoms with van der Waals surface area (Å²) in [6, 6.07) is 15.3. The first kappa shape index (κ1) is 20.3. The Bertz CT molecular complexity index is 1100. The van der Waals surface area contributed by atoms with Gasteiger partial charge in [-0.25, -0.2) is 13.1 Å². The van der Waals surface area contributed by atoms with Gasteiger partial charge in [0, 0.05) is 36.7 Å². The van der Waals surface area contributed by atoms with Crippen molar-refractivity contribution in [2.75, 3.05) is 18.4 Å². The molecule has 1 amide bonds. The van der Waals surface area contributed by atoms with Crippen LogP contribution in [0, 0.1) is 0 Å². The molecule has 30 heavy (non-hydrogen) atoms. The van der Waals surface area contributed by atoms with Crippen LogP contribution >= 0.6 is 0 Å². The number of rotatable bonds is 5. The van der Waals surface area contributed by atoms with E-state index in [1.807, 2.05) is 24.4 Å². The summed E-state index contributed by atoms with van der Waals surface area (Å²) < 4.78 is 29.3. The van der Waals surface area contributed by atoms with E-state index in [2.05, 4.69) is 10.4 Å². The average molecular weight is 425 g/mol. The molecule has 0 bridgehead atoms. The Labute approximate surface area is 176 Å². The van der Waals surface area contributed by atoms with Gasteiger partial charge in [-0.2, -0.15) is 9.40 Å². The van der Waals surface area contributed by atoms with E-state index in [0.717, 1.165) is 31.4 Å². The van der Waals surface area contributed by atoms with Crippen molar-refractivity contribution in [3.8, 4) is 5.69 Å². The number of benzene rings is 2. The van der Waals surface area contributed by atoms with Gasteiger partial charge < -0.3 is 5.32 Å². The van der Waals surface area contributed by atoms with Crippen LogP contribution in [0.3, 0.4) is 0 Å². The maximum absolute atomic E-state index is 13.0. The minimum atomic E-state index is -3.57. The zero-order valence-corrected chi connectivity index (χ0v) is 17.4. The molecule has 1 saturated heterocycles. The van der Waals surface area contributed by atoms with E-state index in [1.54, 1.807) is 45.5 Å². The van der Waals surface area contributed by atoms with Gasteiger partial charge in [0.1, 0.15) is 0 Å². The number of nitrogens with one attached hydrogen (secondary N) is 1. The maximum atomic E-state index is 13.0. The van der Waals surface area contributed by atoms with Crippen LogP contribution in [0.5, 0.6) is 0 Å². The lowest BCUT2D eigenvalue weighted by Crippen LogP contribution is -2.32. The van der Waals surface area contributed by atoms with Crippen molar-refractivity contribution in [2.45, 2.75) is 30.6 Å². The molecule has 2 heterocycles. The molecule has 3 aromatic rings. The second-order valence-electron chi connectivity index (χ2n) is 7.30. The first-order valence-corrected chi connectivity index (χ1v) is 11.5. The summed E-state index contributed by atoms with van der Waals surface area (Å²) in [5.41, 5.74) is 1.78. The number of anilines is 1. The summed E-state index contributed by atoms with van der Waals surface area (Å²) in [5.74, 6) is -0.300. The molecule has 0 spiro atoms. The third-order valence-electron chi connectivity index (χ3n) is 5.19. The first-order valence-electron chi connectivity index (χ1n) is 10.1. The maximum Gasteiger partial charge on any atom is 0.255 e. The van der Waals surface area contributed by atoms with E-state index in [1.165, 1.54) is 6.07 Å². The molecular formula is C22H24N4O3S. The van der Waals surface area contributed by atoms with Crippen LogP contribution < -0.4 is 5.32 Å². The molecule has 1 aromatic heterocycles. The third-order valence-corrected chi connectivity index (χ3v) is 7.09. The summed E-state index contributed by atoms with van der Waals surface area (Å²) in [6.07, 6.45) is 7.38. The van der Waals surface area contributed by atoms with Gasteiger partial charge in [-0.3, -0.25) is 4.79 Å². The zero-order valence-electron chi connectivity index (χ0n) is 16.6. The Hall–Kier alpha value is -2.97. The topological polar surface area (TPSA) is 84.3 Å². The highest BCUT2D eigenvalue weighted by Crippen LogP contribution is 2.23. The Morgan fingerprint density at radius 3 is 2.33 bits per heavy atom. The Morgan fingerprint density at radius 2 is 1.67 bits per heavy atom. The van der Waals surface area contributed by atoms with Gasteiger partial charge >= 0.3 is 0 Å². The van der Waals surface area contributed by atoms with Crippen LogP contribution in [0.15, 0.2) is 71.9 Å². The van der Waals surface area contributed by atoms with E-state index in [0.29, 0.717) is 24.3 Å². The fraction of sp³-hybridized carbons (Fsp3) is 0.273. The minimum absolute atomic E-state index is 0.205. The largest absolute Gasteiger partial charge is 0.322 e. The SMILES string of the molecule is O=C(Nc1cccc(S(=O)(=O)N2CCCCCC2)c1)c1ccc(-n2cccn2)cc1. The number of carbonyl (C=O) groups is 1. The van der Waals surface area contributed by atoms with Crippen molar-refractivity contribution >= 4 is 21.6 Å². The lowest BCUT2D eigenvalue weighted by atomic mass is 10.2. The van der Waals surface area contributed by atoms with Gasteiger partial charge in [0.2, 0.25) is 10.0 Å². The van der Waals surface area contributed by atoms with Crippen LogP contribution in [-0.2, 0) is 10.0 Å². The molecule has 0 radical (unpaired) electrons. The normalized spacial score (nSPS) is 15.5. The minimum Gasteiger partial charge on any atom is -0.322 e. The average Bonchev–Trinajstić information content (AvgIpc) is 3.15. The lowest BCUT2D eigenvalue weighted by molar-refractivity contribution is 0.102. The van der Waals surface area contributed by atoms with Crippen LogP contribution in [-0.4, -0.2) is 41.5 Å². The molecule has 1 aliphatic heterocycles. The Balaban J connectivity index is 1.49. The first-order chi connectivity index (χ1) is 14.5. The number of hydrogen-bond acceptors (Lipinski definition) is 4. The number of aromatic nitrogens is 2. The quantitative estimate of drug-likeness (QED) is 0.677.